The van der Waals surface area contributed by atoms with Gasteiger partial charge in [0, 0.05) is 62.4 Å². The quantitative estimate of drug-likeness (QED) is 0.295. The first-order valence-corrected chi connectivity index (χ1v) is 12.8. The Morgan fingerprint density at radius 3 is 2.24 bits per heavy atom. The molecule has 1 aliphatic carbocycles. The van der Waals surface area contributed by atoms with Gasteiger partial charge in [-0.05, 0) is 55.2 Å². The molecule has 2 aromatic carbocycles. The summed E-state index contributed by atoms with van der Waals surface area (Å²) in [6.45, 7) is 2.49. The molecule has 41 heavy (non-hydrogen) atoms. The number of rotatable bonds is 8. The molecule has 2 aliphatic rings. The number of carbonyl (C=O) groups is 2. The van der Waals surface area contributed by atoms with E-state index in [2.05, 4.69) is 20.4 Å². The normalized spacial score (nSPS) is 15.4. The summed E-state index contributed by atoms with van der Waals surface area (Å²) >= 11 is 0. The second-order valence-corrected chi connectivity index (χ2v) is 9.75. The van der Waals surface area contributed by atoms with Crippen LogP contribution in [0.2, 0.25) is 0 Å². The first-order chi connectivity index (χ1) is 19.5. The van der Waals surface area contributed by atoms with Crippen LogP contribution in [0.15, 0.2) is 54.7 Å². The van der Waals surface area contributed by atoms with Gasteiger partial charge in [0.2, 0.25) is 5.82 Å². The van der Waals surface area contributed by atoms with Crippen LogP contribution in [-0.2, 0) is 6.54 Å². The van der Waals surface area contributed by atoms with Crippen molar-refractivity contribution >= 4 is 34.8 Å². The number of hydrogen-bond acceptors (Lipinski definition) is 7. The molecule has 12 nitrogen and oxygen atoms in total. The van der Waals surface area contributed by atoms with Crippen LogP contribution in [0.5, 0.6) is 5.75 Å². The number of aromatic nitrogens is 2. The third kappa shape index (κ3) is 7.23. The van der Waals surface area contributed by atoms with Gasteiger partial charge in [-0.3, -0.25) is 20.2 Å². The molecule has 0 bridgehead atoms. The Morgan fingerprint density at radius 1 is 1.00 bits per heavy atom. The second-order valence-electron chi connectivity index (χ2n) is 9.75. The zero-order valence-corrected chi connectivity index (χ0v) is 21.6. The number of piperazine rings is 1. The molecule has 2 heterocycles. The van der Waals surface area contributed by atoms with E-state index in [0.29, 0.717) is 38.6 Å². The molecule has 1 saturated heterocycles. The standard InChI is InChI=1S/C26H26F3N7O5/c27-26(28,29)41-21-9-3-18(4-10-21)30-25(38)32-22-16-35(15-17-1-2-17)23(31-22)24(37)34-13-11-33(12-14-34)19-5-7-20(8-6-19)36(39)40/h3-10,16-17H,1-2,11-15H2,(H2,30,32,38). The molecule has 1 aliphatic heterocycles. The number of nitrogens with zero attached hydrogens (tertiary/aromatic N) is 5. The maximum atomic E-state index is 13.4. The number of anilines is 3. The van der Waals surface area contributed by atoms with E-state index in [1.165, 1.54) is 24.3 Å². The van der Waals surface area contributed by atoms with E-state index >= 15 is 0 Å². The number of amides is 3. The number of nitro benzene ring substituents is 1. The van der Waals surface area contributed by atoms with E-state index in [-0.39, 0.29) is 28.9 Å². The van der Waals surface area contributed by atoms with Crippen LogP contribution in [0.1, 0.15) is 23.5 Å². The number of alkyl halides is 3. The first kappa shape index (κ1) is 27.7. The van der Waals surface area contributed by atoms with Gasteiger partial charge in [0.1, 0.15) is 5.75 Å². The Hall–Kier alpha value is -4.82. The van der Waals surface area contributed by atoms with E-state index in [9.17, 15) is 32.9 Å². The Morgan fingerprint density at radius 2 is 1.66 bits per heavy atom. The van der Waals surface area contributed by atoms with Gasteiger partial charge >= 0.3 is 12.4 Å². The smallest absolute Gasteiger partial charge is 0.406 e. The van der Waals surface area contributed by atoms with Crippen molar-refractivity contribution in [3.05, 3.63) is 70.7 Å². The molecule has 1 saturated carbocycles. The summed E-state index contributed by atoms with van der Waals surface area (Å²) in [5.74, 6) is 0.0910. The predicted molar refractivity (Wildman–Crippen MR) is 142 cm³/mol. The summed E-state index contributed by atoms with van der Waals surface area (Å²) in [6, 6.07) is 10.3. The lowest BCUT2D eigenvalue weighted by Gasteiger charge is -2.36. The van der Waals surface area contributed by atoms with Gasteiger partial charge in [-0.15, -0.1) is 13.2 Å². The van der Waals surface area contributed by atoms with Crippen LogP contribution in [0, 0.1) is 16.0 Å². The Kier molecular flexibility index (Phi) is 7.68. The van der Waals surface area contributed by atoms with E-state index in [0.717, 1.165) is 30.7 Å². The number of non-ortho nitro benzene ring substituents is 1. The average molecular weight is 574 g/mol. The van der Waals surface area contributed by atoms with Crippen molar-refractivity contribution in [2.24, 2.45) is 5.92 Å². The summed E-state index contributed by atoms with van der Waals surface area (Å²) in [6.07, 6.45) is -1.14. The topological polar surface area (TPSA) is 135 Å². The lowest BCUT2D eigenvalue weighted by atomic mass is 10.2. The number of benzene rings is 2. The minimum absolute atomic E-state index is 0.0107. The van der Waals surface area contributed by atoms with Crippen molar-refractivity contribution in [2.45, 2.75) is 25.7 Å². The van der Waals surface area contributed by atoms with Crippen LogP contribution < -0.4 is 20.3 Å². The molecule has 3 aromatic rings. The van der Waals surface area contributed by atoms with Crippen LogP contribution in [0.25, 0.3) is 0 Å². The molecule has 2 N–H and O–H groups in total. The van der Waals surface area contributed by atoms with Crippen molar-refractivity contribution in [2.75, 3.05) is 41.7 Å². The minimum Gasteiger partial charge on any atom is -0.406 e. The molecule has 0 spiro atoms. The van der Waals surface area contributed by atoms with Crippen molar-refractivity contribution in [1.29, 1.82) is 0 Å². The fourth-order valence-electron chi connectivity index (χ4n) is 4.48. The molecule has 1 aromatic heterocycles. The number of nitro groups is 1. The third-order valence-corrected chi connectivity index (χ3v) is 6.70. The highest BCUT2D eigenvalue weighted by molar-refractivity contribution is 6.00. The first-order valence-electron chi connectivity index (χ1n) is 12.8. The molecular weight excluding hydrogens is 547 g/mol. The molecule has 0 atom stereocenters. The van der Waals surface area contributed by atoms with Gasteiger partial charge in [0.25, 0.3) is 11.6 Å². The Labute approximate surface area is 231 Å². The van der Waals surface area contributed by atoms with E-state index in [4.69, 9.17) is 0 Å². The molecule has 0 radical (unpaired) electrons. The predicted octanol–water partition coefficient (Wildman–Crippen LogP) is 4.71. The summed E-state index contributed by atoms with van der Waals surface area (Å²) in [4.78, 5) is 44.5. The molecule has 2 fully saturated rings. The highest BCUT2D eigenvalue weighted by Gasteiger charge is 2.31. The van der Waals surface area contributed by atoms with Crippen LogP contribution in [0.4, 0.5) is 40.8 Å². The van der Waals surface area contributed by atoms with Crippen molar-refractivity contribution in [1.82, 2.24) is 14.5 Å². The van der Waals surface area contributed by atoms with Gasteiger partial charge in [0.15, 0.2) is 5.82 Å². The third-order valence-electron chi connectivity index (χ3n) is 6.70. The molecular formula is C26H26F3N7O5. The van der Waals surface area contributed by atoms with E-state index < -0.39 is 23.1 Å². The molecule has 5 rings (SSSR count). The fraction of sp³-hybridized carbons (Fsp3) is 0.346. The van der Waals surface area contributed by atoms with Crippen LogP contribution in [0.3, 0.4) is 0 Å². The van der Waals surface area contributed by atoms with Crippen molar-refractivity contribution in [3.63, 3.8) is 0 Å². The van der Waals surface area contributed by atoms with Gasteiger partial charge in [0.05, 0.1) is 4.92 Å². The number of halogens is 3. The number of ether oxygens (including phenoxy) is 1. The van der Waals surface area contributed by atoms with Gasteiger partial charge in [-0.2, -0.15) is 0 Å². The van der Waals surface area contributed by atoms with Crippen molar-refractivity contribution < 1.29 is 32.4 Å². The molecule has 3 amide bonds. The van der Waals surface area contributed by atoms with Gasteiger partial charge in [-0.1, -0.05) is 0 Å². The minimum atomic E-state index is -4.82. The zero-order chi connectivity index (χ0) is 29.1. The largest absolute Gasteiger partial charge is 0.573 e. The van der Waals surface area contributed by atoms with Crippen molar-refractivity contribution in [3.8, 4) is 5.75 Å². The van der Waals surface area contributed by atoms with Gasteiger partial charge < -0.3 is 24.4 Å². The number of imidazole rings is 1. The number of hydrogen-bond donors (Lipinski definition) is 2. The maximum absolute atomic E-state index is 13.4. The highest BCUT2D eigenvalue weighted by Crippen LogP contribution is 2.32. The Balaban J connectivity index is 1.21. The van der Waals surface area contributed by atoms with Crippen LogP contribution in [-0.4, -0.2) is 63.9 Å². The lowest BCUT2D eigenvalue weighted by Crippen LogP contribution is -2.49. The van der Waals surface area contributed by atoms with Crippen LogP contribution >= 0.6 is 0 Å². The second kappa shape index (κ2) is 11.3. The van der Waals surface area contributed by atoms with Gasteiger partial charge in [-0.25, -0.2) is 9.78 Å². The summed E-state index contributed by atoms with van der Waals surface area (Å²) < 4.78 is 42.6. The summed E-state index contributed by atoms with van der Waals surface area (Å²) in [5.41, 5.74) is 1.08. The maximum Gasteiger partial charge on any atom is 0.573 e. The zero-order valence-electron chi connectivity index (χ0n) is 21.6. The lowest BCUT2D eigenvalue weighted by molar-refractivity contribution is -0.384. The SMILES string of the molecule is O=C(Nc1ccc(OC(F)(F)F)cc1)Nc1cn(CC2CC2)c(C(=O)N2CCN(c3ccc([N+](=O)[O-])cc3)CC2)n1. The fourth-order valence-corrected chi connectivity index (χ4v) is 4.48. The number of carbonyl (C=O) groups excluding carboxylic acids is 2. The molecule has 216 valence electrons. The summed E-state index contributed by atoms with van der Waals surface area (Å²) in [5, 5.41) is 16.0. The Bertz CT molecular complexity index is 1410. The molecule has 15 heteroatoms. The van der Waals surface area contributed by atoms with E-state index in [1.807, 2.05) is 4.90 Å². The average Bonchev–Trinajstić information content (AvgIpc) is 3.67. The highest BCUT2D eigenvalue weighted by atomic mass is 19.4. The number of nitrogens with one attached hydrogen (secondary N) is 2. The summed E-state index contributed by atoms with van der Waals surface area (Å²) in [7, 11) is 0. The number of urea groups is 1. The monoisotopic (exact) mass is 573 g/mol. The van der Waals surface area contributed by atoms with E-state index in [1.54, 1.807) is 27.8 Å². The molecule has 0 unspecified atom stereocenters.